The topological polar surface area (TPSA) is 21.3 Å². The summed E-state index contributed by atoms with van der Waals surface area (Å²) in [6.07, 6.45) is 4.67. The third-order valence-electron chi connectivity index (χ3n) is 20.4. The highest BCUT2D eigenvalue weighted by Crippen LogP contribution is 2.58. The Morgan fingerprint density at radius 1 is 0.513 bits per heavy atom. The van der Waals surface area contributed by atoms with Crippen molar-refractivity contribution in [2.24, 2.45) is 0 Å². The van der Waals surface area contributed by atoms with Crippen molar-refractivity contribution >= 4 is 104 Å². The number of hydrogen-bond acceptors (Lipinski definition) is 3. The molecule has 0 N–H and O–H groups in total. The van der Waals surface area contributed by atoms with E-state index < -0.39 is 0 Å². The van der Waals surface area contributed by atoms with Crippen molar-refractivity contribution in [3.8, 4) is 27.9 Å². The molecule has 0 amide bonds. The first-order chi connectivity index (χ1) is 36.0. The monoisotopic (exact) mass is 1010 g/mol. The van der Waals surface area contributed by atoms with E-state index in [1.165, 1.54) is 161 Å². The lowest BCUT2D eigenvalue weighted by Gasteiger charge is -2.43. The normalized spacial score (nSPS) is 18.9. The number of rotatable bonds is 1. The number of hydrogen-bond donors (Lipinski definition) is 0. The summed E-state index contributed by atoms with van der Waals surface area (Å²) < 4.78 is 12.8. The van der Waals surface area contributed by atoms with Gasteiger partial charge in [-0.05, 0) is 174 Å². The zero-order valence-corrected chi connectivity index (χ0v) is 47.5. The highest BCUT2D eigenvalue weighted by molar-refractivity contribution is 7.27. The fourth-order valence-corrected chi connectivity index (χ4v) is 17.0. The van der Waals surface area contributed by atoms with E-state index in [0.717, 1.165) is 17.6 Å². The Kier molecular flexibility index (Phi) is 8.48. The smallest absolute Gasteiger partial charge is 0.333 e. The quantitative estimate of drug-likeness (QED) is 0.153. The number of furan rings is 1. The molecule has 0 saturated carbocycles. The fraction of sp³-hybridized carbons (Fsp3) is 0.324. The SMILES string of the molecule is CC(C)(C)c1ccc(N2B3c4cc5c(cc4-n4c6cc7c(cc6c6c8sc9ccccc9c8c(c3c64)-c3cc4c(cc32)oc2cc3c(cc24)C(C)(C)CCC3(C)C)C(C)(C)CCC7(C)C)C(C)(C)c2ccccc2-5)cc1. The number of fused-ring (bicyclic) bond motifs is 21. The Balaban J connectivity index is 1.13. The average molecular weight is 1010 g/mol. The standard InChI is InChI=1S/C71H67BN2OS/c1-66(2,3)38-22-24-39(25-23-38)74-55-37-58-43(44-31-49-52(36-57(44)75-58)70(10,11)29-27-67(49,4)5)30-45(55)60-61-41-19-15-17-21-59(41)76-65(61)62-46-32-50-51(69(8,9)28-26-68(50,6)7)35-54(46)73-56-34-48-42(33-53(56)72(74)63(60)64(62)73)40-18-14-16-20-47(40)71(48,12)13/h14-25,30-37H,26-29H2,1-13H3. The molecule has 8 aromatic carbocycles. The van der Waals surface area contributed by atoms with Crippen molar-refractivity contribution in [3.63, 3.8) is 0 Å². The van der Waals surface area contributed by atoms with Crippen LogP contribution in [0.4, 0.5) is 11.4 Å². The fourth-order valence-electron chi connectivity index (χ4n) is 15.8. The molecule has 76 heavy (non-hydrogen) atoms. The van der Waals surface area contributed by atoms with Gasteiger partial charge in [0.2, 0.25) is 0 Å². The van der Waals surface area contributed by atoms with E-state index in [1.54, 1.807) is 0 Å². The summed E-state index contributed by atoms with van der Waals surface area (Å²) >= 11 is 2.00. The van der Waals surface area contributed by atoms with Gasteiger partial charge in [0.15, 0.2) is 0 Å². The second kappa shape index (κ2) is 14.1. The maximum absolute atomic E-state index is 7.26. The van der Waals surface area contributed by atoms with Crippen LogP contribution in [0.1, 0.15) is 155 Å². The maximum Gasteiger partial charge on any atom is 0.333 e. The van der Waals surface area contributed by atoms with Crippen molar-refractivity contribution < 1.29 is 4.42 Å². The van der Waals surface area contributed by atoms with Gasteiger partial charge in [-0.1, -0.05) is 151 Å². The van der Waals surface area contributed by atoms with E-state index in [2.05, 4.69) is 221 Å². The molecule has 2 aliphatic heterocycles. The van der Waals surface area contributed by atoms with Crippen LogP contribution < -0.4 is 15.7 Å². The van der Waals surface area contributed by atoms with Gasteiger partial charge in [-0.2, -0.15) is 0 Å². The molecular formula is C71H67BN2OS. The van der Waals surface area contributed by atoms with Gasteiger partial charge < -0.3 is 13.8 Å². The Hall–Kier alpha value is -6.56. The molecule has 0 saturated heterocycles. The Labute approximate surface area is 452 Å². The van der Waals surface area contributed by atoms with Crippen molar-refractivity contribution in [1.82, 2.24) is 4.57 Å². The van der Waals surface area contributed by atoms with E-state index >= 15 is 0 Å². The van der Waals surface area contributed by atoms with Crippen LogP contribution in [0.3, 0.4) is 0 Å². The molecule has 5 heterocycles. The Morgan fingerprint density at radius 3 is 1.82 bits per heavy atom. The number of benzene rings is 8. The van der Waals surface area contributed by atoms with Crippen molar-refractivity contribution in [3.05, 3.63) is 160 Å². The summed E-state index contributed by atoms with van der Waals surface area (Å²) in [5.74, 6) is 0. The van der Waals surface area contributed by atoms with Crippen LogP contribution in [0.25, 0.3) is 91.9 Å². The van der Waals surface area contributed by atoms with E-state index in [-0.39, 0.29) is 39.3 Å². The first kappa shape index (κ1) is 45.6. The average Bonchev–Trinajstić information content (AvgIpc) is 4.29. The zero-order chi connectivity index (χ0) is 52.3. The highest BCUT2D eigenvalue weighted by Gasteiger charge is 2.49. The number of nitrogens with zero attached hydrogens (tertiary/aromatic N) is 2. The molecule has 5 heteroatoms. The predicted octanol–water partition coefficient (Wildman–Crippen LogP) is 18.6. The molecule has 0 atom stereocenters. The van der Waals surface area contributed by atoms with Crippen molar-refractivity contribution in [2.45, 2.75) is 148 Å². The van der Waals surface area contributed by atoms with E-state index in [4.69, 9.17) is 4.42 Å². The summed E-state index contributed by atoms with van der Waals surface area (Å²) in [5, 5.41) is 7.93. The first-order valence-electron chi connectivity index (χ1n) is 28.3. The molecule has 3 aromatic heterocycles. The molecule has 0 bridgehead atoms. The summed E-state index contributed by atoms with van der Waals surface area (Å²) in [6.45, 7) is 31.4. The largest absolute Gasteiger partial charge is 0.456 e. The van der Waals surface area contributed by atoms with Crippen LogP contribution >= 0.6 is 11.3 Å². The van der Waals surface area contributed by atoms with Gasteiger partial charge in [-0.25, -0.2) is 0 Å². The lowest BCUT2D eigenvalue weighted by atomic mass is 9.43. The third kappa shape index (κ3) is 5.66. The van der Waals surface area contributed by atoms with Crippen LogP contribution in [0.15, 0.2) is 126 Å². The van der Waals surface area contributed by atoms with E-state index in [0.29, 0.717) is 0 Å². The lowest BCUT2D eigenvalue weighted by Crippen LogP contribution is -2.60. The van der Waals surface area contributed by atoms with Crippen LogP contribution in [-0.2, 0) is 32.5 Å². The van der Waals surface area contributed by atoms with E-state index in [1.807, 2.05) is 11.3 Å². The zero-order valence-electron chi connectivity index (χ0n) is 46.7. The van der Waals surface area contributed by atoms with Gasteiger partial charge >= 0.3 is 6.85 Å². The Bertz CT molecular complexity index is 4480. The molecule has 3 aliphatic carbocycles. The van der Waals surface area contributed by atoms with Gasteiger partial charge in [0, 0.05) is 75.8 Å². The molecule has 16 rings (SSSR count). The van der Waals surface area contributed by atoms with Gasteiger partial charge in [0.25, 0.3) is 0 Å². The maximum atomic E-state index is 7.26. The minimum atomic E-state index is -0.173. The molecule has 0 fully saturated rings. The minimum Gasteiger partial charge on any atom is -0.456 e. The summed E-state index contributed by atoms with van der Waals surface area (Å²) in [7, 11) is 0. The summed E-state index contributed by atoms with van der Waals surface area (Å²) in [6, 6.07) is 48.7. The van der Waals surface area contributed by atoms with Gasteiger partial charge in [-0.3, -0.25) is 0 Å². The van der Waals surface area contributed by atoms with Gasteiger partial charge in [0.1, 0.15) is 11.2 Å². The van der Waals surface area contributed by atoms with Gasteiger partial charge in [0.05, 0.1) is 11.0 Å². The van der Waals surface area contributed by atoms with Crippen molar-refractivity contribution in [1.29, 1.82) is 0 Å². The number of thiophene rings is 1. The molecule has 0 radical (unpaired) electrons. The minimum absolute atomic E-state index is 0.00681. The highest BCUT2D eigenvalue weighted by atomic mass is 32.1. The lowest BCUT2D eigenvalue weighted by molar-refractivity contribution is 0.332. The van der Waals surface area contributed by atoms with Crippen molar-refractivity contribution in [2.75, 3.05) is 4.81 Å². The molecule has 11 aromatic rings. The van der Waals surface area contributed by atoms with Crippen LogP contribution in [0.2, 0.25) is 0 Å². The number of aromatic nitrogens is 1. The molecule has 0 spiro atoms. The second-order valence-electron chi connectivity index (χ2n) is 28.2. The Morgan fingerprint density at radius 2 is 1.12 bits per heavy atom. The second-order valence-corrected chi connectivity index (χ2v) is 29.2. The van der Waals surface area contributed by atoms with Crippen LogP contribution in [-0.4, -0.2) is 11.4 Å². The van der Waals surface area contributed by atoms with Gasteiger partial charge in [-0.15, -0.1) is 11.3 Å². The summed E-state index contributed by atoms with van der Waals surface area (Å²) in [4.78, 5) is 2.74. The first-order valence-corrected chi connectivity index (χ1v) is 29.1. The number of anilines is 2. The van der Waals surface area contributed by atoms with Crippen LogP contribution in [0, 0.1) is 0 Å². The predicted molar refractivity (Wildman–Crippen MR) is 327 cm³/mol. The molecule has 3 nitrogen and oxygen atoms in total. The molecule has 5 aliphatic rings. The van der Waals surface area contributed by atoms with Crippen LogP contribution in [0.5, 0.6) is 0 Å². The molecule has 376 valence electrons. The van der Waals surface area contributed by atoms with E-state index in [9.17, 15) is 0 Å². The molecular weight excluding hydrogens is 940 g/mol. The summed E-state index contributed by atoms with van der Waals surface area (Å²) in [5.41, 5.74) is 26.6. The molecule has 0 unspecified atom stereocenters. The third-order valence-corrected chi connectivity index (χ3v) is 21.6.